The molecule has 0 saturated carbocycles. The molecule has 1 N–H and O–H groups in total. The van der Waals surface area contributed by atoms with Gasteiger partial charge in [-0.15, -0.1) is 0 Å². The van der Waals surface area contributed by atoms with Gasteiger partial charge in [0.25, 0.3) is 0 Å². The van der Waals surface area contributed by atoms with Gasteiger partial charge in [0.1, 0.15) is 0 Å². The third kappa shape index (κ3) is 2.83. The molecule has 1 aliphatic heterocycles. The Hall–Kier alpha value is -0.870. The topological polar surface area (TPSA) is 39.1 Å². The van der Waals surface area contributed by atoms with Gasteiger partial charge in [-0.25, -0.2) is 0 Å². The molecule has 2 unspecified atom stereocenters. The van der Waals surface area contributed by atoms with Crippen LogP contribution in [-0.4, -0.2) is 28.5 Å². The quantitative estimate of drug-likeness (QED) is 0.821. The van der Waals surface area contributed by atoms with Gasteiger partial charge in [0.05, 0.1) is 12.3 Å². The molecule has 0 aromatic carbocycles. The Balaban J connectivity index is 1.82. The van der Waals surface area contributed by atoms with E-state index < -0.39 is 0 Å². The molecule has 1 fully saturated rings. The van der Waals surface area contributed by atoms with Crippen molar-refractivity contribution < 1.29 is 4.74 Å². The van der Waals surface area contributed by atoms with E-state index in [1.54, 1.807) is 0 Å². The average Bonchev–Trinajstić information content (AvgIpc) is 2.91. The highest BCUT2D eigenvalue weighted by molar-refractivity contribution is 5.03. The van der Waals surface area contributed by atoms with E-state index in [4.69, 9.17) is 4.74 Å². The van der Waals surface area contributed by atoms with Crippen LogP contribution < -0.4 is 5.32 Å². The second-order valence-electron chi connectivity index (χ2n) is 4.47. The molecule has 1 aromatic heterocycles. The Bertz CT molecular complexity index is 318. The van der Waals surface area contributed by atoms with Crippen LogP contribution in [0.1, 0.15) is 31.7 Å². The normalized spacial score (nSPS) is 22.5. The summed E-state index contributed by atoms with van der Waals surface area (Å²) in [6, 6.07) is 0.475. The lowest BCUT2D eigenvalue weighted by Crippen LogP contribution is -2.38. The van der Waals surface area contributed by atoms with Gasteiger partial charge in [-0.3, -0.25) is 4.68 Å². The van der Waals surface area contributed by atoms with Gasteiger partial charge < -0.3 is 10.1 Å². The van der Waals surface area contributed by atoms with Gasteiger partial charge in [-0.1, -0.05) is 6.92 Å². The summed E-state index contributed by atoms with van der Waals surface area (Å²) in [7, 11) is 1.95. The first-order chi connectivity index (χ1) is 7.79. The lowest BCUT2D eigenvalue weighted by atomic mass is 10.1. The molecule has 0 bridgehead atoms. The third-order valence-electron chi connectivity index (χ3n) is 3.18. The van der Waals surface area contributed by atoms with E-state index in [1.165, 1.54) is 18.4 Å². The van der Waals surface area contributed by atoms with Crippen LogP contribution in [0.2, 0.25) is 0 Å². The Morgan fingerprint density at radius 2 is 2.56 bits per heavy atom. The predicted molar refractivity (Wildman–Crippen MR) is 63.1 cm³/mol. The smallest absolute Gasteiger partial charge is 0.0728 e. The molecule has 4 nitrogen and oxygen atoms in total. The van der Waals surface area contributed by atoms with E-state index >= 15 is 0 Å². The van der Waals surface area contributed by atoms with E-state index in [0.717, 1.165) is 19.6 Å². The summed E-state index contributed by atoms with van der Waals surface area (Å²) in [5, 5.41) is 7.73. The van der Waals surface area contributed by atoms with Crippen LogP contribution >= 0.6 is 0 Å². The second-order valence-corrected chi connectivity index (χ2v) is 4.47. The summed E-state index contributed by atoms with van der Waals surface area (Å²) < 4.78 is 7.55. The van der Waals surface area contributed by atoms with E-state index in [1.807, 2.05) is 17.9 Å². The summed E-state index contributed by atoms with van der Waals surface area (Å²) in [5.74, 6) is 0. The third-order valence-corrected chi connectivity index (χ3v) is 3.18. The second kappa shape index (κ2) is 5.46. The molecular formula is C12H21N3O. The highest BCUT2D eigenvalue weighted by Crippen LogP contribution is 2.17. The number of nitrogens with one attached hydrogen (secondary N) is 1. The minimum Gasteiger partial charge on any atom is -0.377 e. The van der Waals surface area contributed by atoms with Crippen molar-refractivity contribution in [3.05, 3.63) is 18.0 Å². The first kappa shape index (κ1) is 11.6. The molecule has 2 atom stereocenters. The van der Waals surface area contributed by atoms with Gasteiger partial charge in [0.15, 0.2) is 0 Å². The summed E-state index contributed by atoms with van der Waals surface area (Å²) in [5.41, 5.74) is 1.24. The molecule has 1 aromatic rings. The Morgan fingerprint density at radius 1 is 1.69 bits per heavy atom. The van der Waals surface area contributed by atoms with Crippen molar-refractivity contribution in [2.45, 2.75) is 44.9 Å². The fourth-order valence-corrected chi connectivity index (χ4v) is 2.27. The zero-order valence-electron chi connectivity index (χ0n) is 10.1. The van der Waals surface area contributed by atoms with Crippen molar-refractivity contribution in [3.63, 3.8) is 0 Å². The predicted octanol–water partition coefficient (Wildman–Crippen LogP) is 1.47. The molecule has 90 valence electrons. The molecular weight excluding hydrogens is 202 g/mol. The average molecular weight is 223 g/mol. The SMILES string of the molecule is CCC(NCc1cnn(C)c1)C1CCCO1. The van der Waals surface area contributed by atoms with Gasteiger partial charge in [-0.05, 0) is 19.3 Å². The molecule has 0 aliphatic carbocycles. The highest BCUT2D eigenvalue weighted by Gasteiger charge is 2.23. The lowest BCUT2D eigenvalue weighted by molar-refractivity contribution is 0.0765. The van der Waals surface area contributed by atoms with Crippen molar-refractivity contribution in [3.8, 4) is 0 Å². The van der Waals surface area contributed by atoms with E-state index in [9.17, 15) is 0 Å². The number of nitrogens with zero attached hydrogens (tertiary/aromatic N) is 2. The molecule has 1 saturated heterocycles. The minimum atomic E-state index is 0.404. The molecule has 0 radical (unpaired) electrons. The maximum Gasteiger partial charge on any atom is 0.0728 e. The Labute approximate surface area is 97.0 Å². The number of aromatic nitrogens is 2. The van der Waals surface area contributed by atoms with Gasteiger partial charge in [0, 0.05) is 38.0 Å². The first-order valence-electron chi connectivity index (χ1n) is 6.12. The van der Waals surface area contributed by atoms with Gasteiger partial charge in [-0.2, -0.15) is 5.10 Å². The van der Waals surface area contributed by atoms with Crippen LogP contribution in [0, 0.1) is 0 Å². The highest BCUT2D eigenvalue weighted by atomic mass is 16.5. The molecule has 16 heavy (non-hydrogen) atoms. The van der Waals surface area contributed by atoms with Gasteiger partial charge >= 0.3 is 0 Å². The van der Waals surface area contributed by atoms with Gasteiger partial charge in [0.2, 0.25) is 0 Å². The number of hydrogen-bond acceptors (Lipinski definition) is 3. The lowest BCUT2D eigenvalue weighted by Gasteiger charge is -2.22. The fraction of sp³-hybridized carbons (Fsp3) is 0.750. The molecule has 0 spiro atoms. The number of ether oxygens (including phenoxy) is 1. The van der Waals surface area contributed by atoms with Crippen LogP contribution in [0.3, 0.4) is 0 Å². The van der Waals surface area contributed by atoms with E-state index in [2.05, 4.69) is 23.5 Å². The number of rotatable bonds is 5. The van der Waals surface area contributed by atoms with Crippen molar-refractivity contribution in [1.29, 1.82) is 0 Å². The van der Waals surface area contributed by atoms with Crippen LogP contribution in [0.25, 0.3) is 0 Å². The Kier molecular flexibility index (Phi) is 3.96. The maximum absolute atomic E-state index is 5.72. The number of hydrogen-bond donors (Lipinski definition) is 1. The van der Waals surface area contributed by atoms with E-state index in [-0.39, 0.29) is 0 Å². The zero-order valence-corrected chi connectivity index (χ0v) is 10.1. The van der Waals surface area contributed by atoms with Crippen molar-refractivity contribution in [2.24, 2.45) is 7.05 Å². The van der Waals surface area contributed by atoms with Crippen molar-refractivity contribution >= 4 is 0 Å². The maximum atomic E-state index is 5.72. The molecule has 4 heteroatoms. The minimum absolute atomic E-state index is 0.404. The molecule has 2 heterocycles. The Morgan fingerprint density at radius 3 is 3.12 bits per heavy atom. The van der Waals surface area contributed by atoms with E-state index in [0.29, 0.717) is 12.1 Å². The summed E-state index contributed by atoms with van der Waals surface area (Å²) in [4.78, 5) is 0. The monoisotopic (exact) mass is 223 g/mol. The fourth-order valence-electron chi connectivity index (χ4n) is 2.27. The number of aryl methyl sites for hydroxylation is 1. The molecule has 1 aliphatic rings. The molecule has 2 rings (SSSR count). The van der Waals surface area contributed by atoms with Crippen LogP contribution in [0.5, 0.6) is 0 Å². The summed E-state index contributed by atoms with van der Waals surface area (Å²) in [6.45, 7) is 4.02. The van der Waals surface area contributed by atoms with Crippen LogP contribution in [0.15, 0.2) is 12.4 Å². The molecule has 0 amide bonds. The zero-order chi connectivity index (χ0) is 11.4. The standard InChI is InChI=1S/C12H21N3O/c1-3-11(12-5-4-6-16-12)13-7-10-8-14-15(2)9-10/h8-9,11-13H,3-7H2,1-2H3. The van der Waals surface area contributed by atoms with Crippen molar-refractivity contribution in [1.82, 2.24) is 15.1 Å². The largest absolute Gasteiger partial charge is 0.377 e. The summed E-state index contributed by atoms with van der Waals surface area (Å²) >= 11 is 0. The van der Waals surface area contributed by atoms with Crippen LogP contribution in [0.4, 0.5) is 0 Å². The summed E-state index contributed by atoms with van der Waals surface area (Å²) in [6.07, 6.45) is 7.88. The first-order valence-corrected chi connectivity index (χ1v) is 6.12. The van der Waals surface area contributed by atoms with Crippen molar-refractivity contribution in [2.75, 3.05) is 6.61 Å². The van der Waals surface area contributed by atoms with Crippen LogP contribution in [-0.2, 0) is 18.3 Å².